The third kappa shape index (κ3) is 4.24. The van der Waals surface area contributed by atoms with E-state index >= 15 is 0 Å². The molecule has 2 aliphatic heterocycles. The van der Waals surface area contributed by atoms with Crippen LogP contribution in [0.25, 0.3) is 64.2 Å². The van der Waals surface area contributed by atoms with Crippen LogP contribution in [0.2, 0.25) is 0 Å². The molecule has 7 aromatic carbocycles. The highest BCUT2D eigenvalue weighted by molar-refractivity contribution is 7.26. The SMILES string of the molecule is CC1(C)N=C(n2c3ccccc3c3ccc(-c4ccc(-c5cccc6c5sc5ccccc56)cc4)cc32)N2c3ccccc3C(C)(C)c3cccc1c32. The van der Waals surface area contributed by atoms with Crippen LogP contribution in [0.1, 0.15) is 44.4 Å². The zero-order valence-corrected chi connectivity index (χ0v) is 31.0. The van der Waals surface area contributed by atoms with E-state index in [4.69, 9.17) is 4.99 Å². The lowest BCUT2D eigenvalue weighted by Crippen LogP contribution is -2.45. The van der Waals surface area contributed by atoms with E-state index in [9.17, 15) is 0 Å². The van der Waals surface area contributed by atoms with Gasteiger partial charge in [0, 0.05) is 41.9 Å². The normalized spacial score (nSPS) is 15.5. The van der Waals surface area contributed by atoms with Gasteiger partial charge in [0.1, 0.15) is 0 Å². The molecule has 9 aromatic rings. The van der Waals surface area contributed by atoms with E-state index in [-0.39, 0.29) is 5.41 Å². The van der Waals surface area contributed by atoms with Gasteiger partial charge in [-0.1, -0.05) is 141 Å². The molecule has 0 bridgehead atoms. The van der Waals surface area contributed by atoms with E-state index in [1.54, 1.807) is 0 Å². The number of aliphatic imine (C=N–C) groups is 1. The highest BCUT2D eigenvalue weighted by Crippen LogP contribution is 2.55. The summed E-state index contributed by atoms with van der Waals surface area (Å²) in [6, 6.07) is 56.0. The minimum Gasteiger partial charge on any atom is -0.280 e. The van der Waals surface area contributed by atoms with Crippen LogP contribution in [0.5, 0.6) is 0 Å². The maximum absolute atomic E-state index is 5.67. The minimum absolute atomic E-state index is 0.153. The van der Waals surface area contributed by atoms with Crippen LogP contribution in [0.3, 0.4) is 0 Å². The van der Waals surface area contributed by atoms with Crippen LogP contribution in [-0.4, -0.2) is 10.5 Å². The number of hydrogen-bond acceptors (Lipinski definition) is 3. The van der Waals surface area contributed by atoms with Gasteiger partial charge in [-0.2, -0.15) is 0 Å². The first kappa shape index (κ1) is 30.6. The number of fused-ring (bicyclic) bond motifs is 8. The molecule has 2 aromatic heterocycles. The van der Waals surface area contributed by atoms with Crippen LogP contribution in [0.4, 0.5) is 11.4 Å². The number of hydrogen-bond donors (Lipinski definition) is 0. The first-order chi connectivity index (χ1) is 25.8. The van der Waals surface area contributed by atoms with E-state index in [0.29, 0.717) is 0 Å². The van der Waals surface area contributed by atoms with Gasteiger partial charge in [-0.25, -0.2) is 4.99 Å². The number of aromatic nitrogens is 1. The summed E-state index contributed by atoms with van der Waals surface area (Å²) in [6.07, 6.45) is 0. The van der Waals surface area contributed by atoms with Crippen LogP contribution in [-0.2, 0) is 11.0 Å². The predicted molar refractivity (Wildman–Crippen MR) is 226 cm³/mol. The summed E-state index contributed by atoms with van der Waals surface area (Å²) in [6.45, 7) is 9.23. The lowest BCUT2D eigenvalue weighted by Gasteiger charge is -2.47. The fourth-order valence-corrected chi connectivity index (χ4v) is 10.4. The Hall–Kier alpha value is -5.97. The second kappa shape index (κ2) is 10.8. The lowest BCUT2D eigenvalue weighted by molar-refractivity contribution is 0.538. The van der Waals surface area contributed by atoms with Crippen molar-refractivity contribution in [3.05, 3.63) is 168 Å². The number of para-hydroxylation sites is 3. The van der Waals surface area contributed by atoms with Crippen molar-refractivity contribution in [1.29, 1.82) is 0 Å². The molecule has 0 radical (unpaired) electrons. The number of nitrogens with zero attached hydrogens (tertiary/aromatic N) is 3. The Labute approximate surface area is 313 Å². The molecule has 0 fully saturated rings. The van der Waals surface area contributed by atoms with E-state index in [1.165, 1.54) is 81.3 Å². The molecular formula is C49H37N3S. The lowest BCUT2D eigenvalue weighted by atomic mass is 9.71. The van der Waals surface area contributed by atoms with Crippen molar-refractivity contribution >= 4 is 70.6 Å². The summed E-state index contributed by atoms with van der Waals surface area (Å²) in [7, 11) is 0. The van der Waals surface area contributed by atoms with Crippen molar-refractivity contribution < 1.29 is 0 Å². The van der Waals surface area contributed by atoms with Crippen LogP contribution >= 0.6 is 11.3 Å². The highest BCUT2D eigenvalue weighted by atomic mass is 32.1. The topological polar surface area (TPSA) is 20.5 Å². The molecule has 4 heterocycles. The number of thiophene rings is 1. The van der Waals surface area contributed by atoms with Gasteiger partial charge in [0.15, 0.2) is 0 Å². The molecular weight excluding hydrogens is 663 g/mol. The molecule has 0 N–H and O–H groups in total. The summed E-state index contributed by atoms with van der Waals surface area (Å²) >= 11 is 1.88. The Morgan fingerprint density at radius 3 is 2.02 bits per heavy atom. The van der Waals surface area contributed by atoms with E-state index < -0.39 is 5.54 Å². The zero-order chi connectivity index (χ0) is 35.6. The number of anilines is 2. The van der Waals surface area contributed by atoms with E-state index in [1.807, 2.05) is 11.3 Å². The van der Waals surface area contributed by atoms with E-state index in [2.05, 4.69) is 189 Å². The summed E-state index contributed by atoms with van der Waals surface area (Å²) < 4.78 is 5.09. The molecule has 0 saturated heterocycles. The first-order valence-electron chi connectivity index (χ1n) is 18.5. The van der Waals surface area contributed by atoms with Gasteiger partial charge in [0.05, 0.1) is 27.9 Å². The molecule has 0 atom stereocenters. The summed E-state index contributed by atoms with van der Waals surface area (Å²) in [4.78, 5) is 8.11. The van der Waals surface area contributed by atoms with Crippen LogP contribution in [0, 0.1) is 0 Å². The van der Waals surface area contributed by atoms with Gasteiger partial charge in [0.25, 0.3) is 0 Å². The number of rotatable bonds is 2. The average molecular weight is 700 g/mol. The highest BCUT2D eigenvalue weighted by Gasteiger charge is 2.45. The Balaban J connectivity index is 1.10. The Bertz CT molecular complexity index is 3010. The van der Waals surface area contributed by atoms with Crippen molar-refractivity contribution in [3.63, 3.8) is 0 Å². The number of benzene rings is 7. The molecule has 4 heteroatoms. The second-order valence-electron chi connectivity index (χ2n) is 15.6. The van der Waals surface area contributed by atoms with E-state index in [0.717, 1.165) is 17.0 Å². The van der Waals surface area contributed by atoms with Gasteiger partial charge >= 0.3 is 0 Å². The van der Waals surface area contributed by atoms with Gasteiger partial charge in [-0.15, -0.1) is 11.3 Å². The van der Waals surface area contributed by atoms with Crippen molar-refractivity contribution in [2.45, 2.75) is 38.6 Å². The maximum Gasteiger partial charge on any atom is 0.216 e. The van der Waals surface area contributed by atoms with Crippen molar-refractivity contribution in [3.8, 4) is 22.3 Å². The maximum atomic E-state index is 5.67. The van der Waals surface area contributed by atoms with Gasteiger partial charge in [-0.05, 0) is 71.5 Å². The van der Waals surface area contributed by atoms with Gasteiger partial charge in [0.2, 0.25) is 5.96 Å². The van der Waals surface area contributed by atoms with Crippen LogP contribution < -0.4 is 4.90 Å². The largest absolute Gasteiger partial charge is 0.280 e. The quantitative estimate of drug-likeness (QED) is 0.176. The third-order valence-corrected chi connectivity index (χ3v) is 13.0. The molecule has 0 unspecified atom stereocenters. The van der Waals surface area contributed by atoms with Gasteiger partial charge < -0.3 is 0 Å². The Kier molecular flexibility index (Phi) is 6.23. The molecule has 3 nitrogen and oxygen atoms in total. The summed E-state index contributed by atoms with van der Waals surface area (Å²) in [5.74, 6) is 0.938. The Morgan fingerprint density at radius 1 is 0.509 bits per heavy atom. The fraction of sp³-hybridized carbons (Fsp3) is 0.122. The Morgan fingerprint density at radius 2 is 1.15 bits per heavy atom. The molecule has 0 aliphatic carbocycles. The monoisotopic (exact) mass is 699 g/mol. The summed E-state index contributed by atoms with van der Waals surface area (Å²) in [5.41, 5.74) is 13.0. The fourth-order valence-electron chi connectivity index (χ4n) is 9.15. The minimum atomic E-state index is -0.429. The van der Waals surface area contributed by atoms with Crippen LogP contribution in [0.15, 0.2) is 157 Å². The second-order valence-corrected chi connectivity index (χ2v) is 16.6. The summed E-state index contributed by atoms with van der Waals surface area (Å²) in [5, 5.41) is 5.11. The molecule has 11 rings (SSSR count). The molecule has 53 heavy (non-hydrogen) atoms. The third-order valence-electron chi connectivity index (χ3n) is 11.8. The van der Waals surface area contributed by atoms with Crippen molar-refractivity contribution in [2.24, 2.45) is 4.99 Å². The standard InChI is InChI=1S/C49H37N3S/c1-48(2)38-17-7-9-21-42(38)52-45-39(48)18-12-19-40(45)49(3,4)50-47(52)51-41-20-8-5-13-34(41)35-28-27-32(29-43(35)51)30-23-25-31(26-24-30)33-15-11-16-37-36-14-6-10-22-44(36)53-46(33)37/h5-29H,1-4H3. The van der Waals surface area contributed by atoms with Gasteiger partial charge in [-0.3, -0.25) is 9.47 Å². The predicted octanol–water partition coefficient (Wildman–Crippen LogP) is 13.4. The molecule has 0 amide bonds. The van der Waals surface area contributed by atoms with Crippen molar-refractivity contribution in [2.75, 3.05) is 4.90 Å². The molecule has 2 aliphatic rings. The van der Waals surface area contributed by atoms with Crippen molar-refractivity contribution in [1.82, 2.24) is 4.57 Å². The molecule has 254 valence electrons. The molecule has 0 saturated carbocycles. The first-order valence-corrected chi connectivity index (χ1v) is 19.3. The molecule has 0 spiro atoms. The smallest absolute Gasteiger partial charge is 0.216 e. The zero-order valence-electron chi connectivity index (χ0n) is 30.2. The average Bonchev–Trinajstić information content (AvgIpc) is 3.73.